The summed E-state index contributed by atoms with van der Waals surface area (Å²) in [5.41, 5.74) is 9.51. The Bertz CT molecular complexity index is 2390. The minimum absolute atomic E-state index is 0.0349. The van der Waals surface area contributed by atoms with E-state index in [1.54, 1.807) is 0 Å². The van der Waals surface area contributed by atoms with E-state index >= 15 is 0 Å². The number of ether oxygens (including phenoxy) is 2. The minimum Gasteiger partial charge on any atom is -0.453 e. The Morgan fingerprint density at radius 3 is 1.48 bits per heavy atom. The van der Waals surface area contributed by atoms with Crippen LogP contribution in [-0.4, -0.2) is 93.1 Å². The van der Waals surface area contributed by atoms with Gasteiger partial charge in [-0.3, -0.25) is 9.59 Å². The molecule has 14 heteroatoms. The van der Waals surface area contributed by atoms with Crippen molar-refractivity contribution in [3.63, 3.8) is 0 Å². The zero-order valence-electron chi connectivity index (χ0n) is 38.6. The Balaban J connectivity index is 0.876. The molecule has 5 aliphatic carbocycles. The van der Waals surface area contributed by atoms with Gasteiger partial charge in [0.05, 0.1) is 50.1 Å². The van der Waals surface area contributed by atoms with Crippen molar-refractivity contribution in [2.24, 2.45) is 11.8 Å². The fourth-order valence-electron chi connectivity index (χ4n) is 12.9. The first kappa shape index (κ1) is 44.2. The maximum Gasteiger partial charge on any atom is 0.407 e. The molecule has 2 bridgehead atoms. The second-order valence-electron chi connectivity index (χ2n) is 19.9. The van der Waals surface area contributed by atoms with Crippen LogP contribution in [0.3, 0.4) is 0 Å². The third-order valence-electron chi connectivity index (χ3n) is 16.2. The number of amides is 4. The van der Waals surface area contributed by atoms with Crippen molar-refractivity contribution in [1.82, 2.24) is 40.4 Å². The lowest BCUT2D eigenvalue weighted by molar-refractivity contribution is -0.136. The van der Waals surface area contributed by atoms with Gasteiger partial charge >= 0.3 is 12.2 Å². The lowest BCUT2D eigenvalue weighted by Crippen LogP contribution is -2.52. The Morgan fingerprint density at radius 1 is 0.545 bits per heavy atom. The number of benzene rings is 2. The molecule has 2 aromatic heterocycles. The zero-order chi connectivity index (χ0) is 45.3. The first-order valence-electron chi connectivity index (χ1n) is 25.0. The quantitative estimate of drug-likeness (QED) is 0.115. The minimum atomic E-state index is -0.602. The van der Waals surface area contributed by atoms with Gasteiger partial charge in [-0.1, -0.05) is 74.9 Å². The van der Waals surface area contributed by atoms with Gasteiger partial charge in [-0.05, 0) is 129 Å². The van der Waals surface area contributed by atoms with E-state index in [-0.39, 0.29) is 35.7 Å². The Hall–Kier alpha value is -5.66. The molecule has 14 nitrogen and oxygen atoms in total. The number of carbonyl (C=O) groups is 4. The maximum absolute atomic E-state index is 14.3. The highest BCUT2D eigenvalue weighted by Crippen LogP contribution is 2.55. The van der Waals surface area contributed by atoms with Gasteiger partial charge in [-0.15, -0.1) is 0 Å². The van der Waals surface area contributed by atoms with Crippen LogP contribution in [0, 0.1) is 11.8 Å². The molecule has 4 atom stereocenters. The van der Waals surface area contributed by atoms with Crippen LogP contribution in [0.25, 0.3) is 33.6 Å². The van der Waals surface area contributed by atoms with E-state index in [4.69, 9.17) is 19.4 Å². The highest BCUT2D eigenvalue weighted by molar-refractivity contribution is 5.87. The van der Waals surface area contributed by atoms with Crippen molar-refractivity contribution in [2.75, 3.05) is 27.3 Å². The molecule has 66 heavy (non-hydrogen) atoms. The first-order chi connectivity index (χ1) is 32.3. The summed E-state index contributed by atoms with van der Waals surface area (Å²) < 4.78 is 9.91. The number of hydrogen-bond acceptors (Lipinski definition) is 8. The van der Waals surface area contributed by atoms with Crippen molar-refractivity contribution in [2.45, 2.75) is 152 Å². The molecule has 4 heterocycles. The molecule has 2 saturated heterocycles. The summed E-state index contributed by atoms with van der Waals surface area (Å²) in [4.78, 5) is 74.2. The highest BCUT2D eigenvalue weighted by atomic mass is 16.5. The third-order valence-corrected chi connectivity index (χ3v) is 16.2. The van der Waals surface area contributed by atoms with Gasteiger partial charge in [0.15, 0.2) is 0 Å². The number of imidazole rings is 2. The topological polar surface area (TPSA) is 175 Å². The van der Waals surface area contributed by atoms with E-state index in [0.717, 1.165) is 118 Å². The average molecular weight is 899 g/mol. The van der Waals surface area contributed by atoms with Gasteiger partial charge in [0.2, 0.25) is 11.8 Å². The van der Waals surface area contributed by atoms with E-state index in [1.807, 2.05) is 22.2 Å². The molecule has 2 aromatic carbocycles. The highest BCUT2D eigenvalue weighted by Gasteiger charge is 2.42. The molecule has 2 aliphatic heterocycles. The predicted molar refractivity (Wildman–Crippen MR) is 250 cm³/mol. The van der Waals surface area contributed by atoms with Crippen molar-refractivity contribution in [3.05, 3.63) is 71.6 Å². The van der Waals surface area contributed by atoms with Crippen LogP contribution in [0.1, 0.15) is 162 Å². The van der Waals surface area contributed by atoms with Crippen LogP contribution < -0.4 is 10.6 Å². The number of aromatic nitrogens is 4. The largest absolute Gasteiger partial charge is 0.453 e. The SMILES string of the molecule is COC(=O)NC(C(=O)N1CCC[C@H]1c1ncc(-c2ccc(-c3ccc(-c4cnc([C@H]5CCCN5C(=O)[C@@H](NC(=O)OC)C5CCCCC5)[nH]4)cc3)c3c2C2CCC3CC2)[nH]1)C1CCCCC1. The van der Waals surface area contributed by atoms with Crippen molar-refractivity contribution < 1.29 is 28.7 Å². The standard InChI is InChI=1S/C52H66N8O6/c1-65-51(63)57-45(35-11-5-3-6-12-35)49(61)59-27-9-15-41(59)47-53-29-39(55-47)32-19-17-31(18-20-32)37-25-26-38(44-34-23-21-33(22-24-34)43(37)44)40-30-54-48(56-40)42-16-10-28-60(42)50(62)46(58-52(64)66-2)36-13-7-4-8-14-36/h17-20,25-26,29-30,33-36,41-42,45-46H,3-16,21-24,27-28H2,1-2H3,(H,53,55)(H,54,56)(H,57,63)(H,58,64)/t33?,34?,41-,42+,45+,46?/m1/s1. The number of carbonyl (C=O) groups excluding carboxylic acids is 4. The number of aromatic amines is 2. The van der Waals surface area contributed by atoms with Crippen LogP contribution in [0.5, 0.6) is 0 Å². The number of nitrogens with one attached hydrogen (secondary N) is 4. The molecular weight excluding hydrogens is 833 g/mol. The summed E-state index contributed by atoms with van der Waals surface area (Å²) in [7, 11) is 2.70. The van der Waals surface area contributed by atoms with E-state index < -0.39 is 24.3 Å². The van der Waals surface area contributed by atoms with Crippen molar-refractivity contribution in [1.29, 1.82) is 0 Å². The molecule has 350 valence electrons. The average Bonchev–Trinajstić information content (AvgIpc) is 4.23. The molecule has 1 unspecified atom stereocenters. The second-order valence-corrected chi connectivity index (χ2v) is 19.9. The smallest absolute Gasteiger partial charge is 0.407 e. The van der Waals surface area contributed by atoms with Gasteiger partial charge in [-0.2, -0.15) is 0 Å². The van der Waals surface area contributed by atoms with E-state index in [1.165, 1.54) is 67.7 Å². The molecule has 4 aromatic rings. The maximum atomic E-state index is 14.3. The predicted octanol–water partition coefficient (Wildman–Crippen LogP) is 9.83. The number of methoxy groups -OCH3 is 2. The van der Waals surface area contributed by atoms with Crippen LogP contribution in [0.4, 0.5) is 9.59 Å². The molecule has 5 fully saturated rings. The van der Waals surface area contributed by atoms with Gasteiger partial charge in [0.25, 0.3) is 0 Å². The van der Waals surface area contributed by atoms with Gasteiger partial charge in [0, 0.05) is 18.7 Å². The number of likely N-dealkylation sites (tertiary alicyclic amines) is 2. The van der Waals surface area contributed by atoms with E-state index in [2.05, 4.69) is 57.0 Å². The Morgan fingerprint density at radius 2 is 0.985 bits per heavy atom. The number of fused-ring (bicyclic) bond motifs is 2. The number of hydrogen-bond donors (Lipinski definition) is 4. The summed E-state index contributed by atoms with van der Waals surface area (Å²) >= 11 is 0. The lowest BCUT2D eigenvalue weighted by Gasteiger charge is -2.41. The van der Waals surface area contributed by atoms with E-state index in [9.17, 15) is 19.2 Å². The third kappa shape index (κ3) is 8.60. The molecule has 3 saturated carbocycles. The molecular formula is C52H66N8O6. The van der Waals surface area contributed by atoms with Crippen LogP contribution in [0.2, 0.25) is 0 Å². The Labute approximate surface area is 387 Å². The van der Waals surface area contributed by atoms with Crippen molar-refractivity contribution in [3.8, 4) is 33.6 Å². The van der Waals surface area contributed by atoms with Gasteiger partial charge in [-0.25, -0.2) is 19.6 Å². The summed E-state index contributed by atoms with van der Waals surface area (Å²) in [6.45, 7) is 1.27. The summed E-state index contributed by atoms with van der Waals surface area (Å²) in [6.07, 6.45) is 21.1. The number of nitrogens with zero attached hydrogens (tertiary/aromatic N) is 4. The van der Waals surface area contributed by atoms with Crippen LogP contribution in [-0.2, 0) is 19.1 Å². The van der Waals surface area contributed by atoms with Gasteiger partial charge in [0.1, 0.15) is 23.7 Å². The normalized spacial score (nSPS) is 24.2. The van der Waals surface area contributed by atoms with Crippen LogP contribution >= 0.6 is 0 Å². The monoisotopic (exact) mass is 899 g/mol. The molecule has 7 aliphatic rings. The molecule has 0 spiro atoms. The van der Waals surface area contributed by atoms with Gasteiger partial charge < -0.3 is 39.9 Å². The zero-order valence-corrected chi connectivity index (χ0v) is 38.6. The number of alkyl carbamates (subject to hydrolysis) is 2. The lowest BCUT2D eigenvalue weighted by atomic mass is 9.64. The second kappa shape index (κ2) is 19.3. The fourth-order valence-corrected chi connectivity index (χ4v) is 12.9. The Kier molecular flexibility index (Phi) is 12.9. The van der Waals surface area contributed by atoms with Crippen molar-refractivity contribution >= 4 is 24.0 Å². The molecule has 4 N–H and O–H groups in total. The summed E-state index contributed by atoms with van der Waals surface area (Å²) in [5, 5.41) is 5.81. The number of H-pyrrole nitrogens is 2. The van der Waals surface area contributed by atoms with Crippen LogP contribution in [0.15, 0.2) is 48.8 Å². The molecule has 4 amide bonds. The number of rotatable bonds is 11. The fraction of sp³-hybridized carbons (Fsp3) is 0.577. The van der Waals surface area contributed by atoms with E-state index in [0.29, 0.717) is 24.9 Å². The first-order valence-corrected chi connectivity index (χ1v) is 25.0. The molecule has 0 radical (unpaired) electrons. The molecule has 11 rings (SSSR count). The summed E-state index contributed by atoms with van der Waals surface area (Å²) in [6, 6.07) is 11.8. The summed E-state index contributed by atoms with van der Waals surface area (Å²) in [5.74, 6) is 2.68.